The Morgan fingerprint density at radius 2 is 1.97 bits per heavy atom. The Morgan fingerprint density at radius 3 is 2.59 bits per heavy atom. The minimum atomic E-state index is -0.206. The van der Waals surface area contributed by atoms with E-state index in [1.807, 2.05) is 26.0 Å². The Labute approximate surface area is 170 Å². The van der Waals surface area contributed by atoms with Crippen LogP contribution in [-0.2, 0) is 5.41 Å². The number of hydrogen-bond donors (Lipinski definition) is 0. The molecule has 0 N–H and O–H groups in total. The number of rotatable bonds is 5. The van der Waals surface area contributed by atoms with Crippen LogP contribution in [0.15, 0.2) is 29.1 Å². The maximum Gasteiger partial charge on any atom is 0.274 e. The summed E-state index contributed by atoms with van der Waals surface area (Å²) in [5.74, 6) is 0.559. The van der Waals surface area contributed by atoms with Crippen molar-refractivity contribution in [3.8, 4) is 5.88 Å². The van der Waals surface area contributed by atoms with Gasteiger partial charge in [-0.05, 0) is 32.4 Å². The fourth-order valence-corrected chi connectivity index (χ4v) is 3.22. The molecular formula is C21H29N5O3. The summed E-state index contributed by atoms with van der Waals surface area (Å²) in [4.78, 5) is 26.4. The molecule has 1 unspecified atom stereocenters. The number of likely N-dealkylation sites (tertiary alicyclic amines) is 1. The fourth-order valence-electron chi connectivity index (χ4n) is 3.22. The van der Waals surface area contributed by atoms with Crippen molar-refractivity contribution in [3.05, 3.63) is 46.0 Å². The van der Waals surface area contributed by atoms with Gasteiger partial charge in [-0.1, -0.05) is 20.8 Å². The third-order valence-electron chi connectivity index (χ3n) is 4.98. The van der Waals surface area contributed by atoms with E-state index in [9.17, 15) is 9.59 Å². The van der Waals surface area contributed by atoms with Crippen LogP contribution in [-0.4, -0.2) is 50.5 Å². The first-order chi connectivity index (χ1) is 13.6. The summed E-state index contributed by atoms with van der Waals surface area (Å²) < 4.78 is 7.12. The first kappa shape index (κ1) is 21.0. The van der Waals surface area contributed by atoms with Crippen LogP contribution in [0.3, 0.4) is 0 Å². The lowest BCUT2D eigenvalue weighted by atomic mass is 9.92. The Balaban J connectivity index is 1.57. The van der Waals surface area contributed by atoms with Gasteiger partial charge in [0.1, 0.15) is 5.69 Å². The van der Waals surface area contributed by atoms with Gasteiger partial charge in [0, 0.05) is 36.6 Å². The van der Waals surface area contributed by atoms with Crippen LogP contribution in [0.1, 0.15) is 63.3 Å². The van der Waals surface area contributed by atoms with Crippen LogP contribution in [0.2, 0.25) is 0 Å². The number of aromatic nitrogens is 4. The van der Waals surface area contributed by atoms with E-state index >= 15 is 0 Å². The standard InChI is InChI=1S/C21H29N5O3/c1-14(2)26-19(27)9-6-16(24-26)20(28)25-11-10-15(12-25)13-29-18-8-7-17(22-23-18)21(3,4)5/h6-9,14-15H,10-13H2,1-5H3. The molecule has 1 amide bonds. The lowest BCUT2D eigenvalue weighted by Gasteiger charge is -2.18. The van der Waals surface area contributed by atoms with Gasteiger partial charge in [0.25, 0.3) is 11.5 Å². The van der Waals surface area contributed by atoms with Gasteiger partial charge >= 0.3 is 0 Å². The molecule has 0 aliphatic carbocycles. The molecule has 0 saturated carbocycles. The molecule has 29 heavy (non-hydrogen) atoms. The number of carbonyl (C=O) groups is 1. The summed E-state index contributed by atoms with van der Waals surface area (Å²) in [7, 11) is 0. The number of carbonyl (C=O) groups excluding carboxylic acids is 1. The molecule has 0 aromatic carbocycles. The van der Waals surface area contributed by atoms with Crippen LogP contribution in [0.25, 0.3) is 0 Å². The van der Waals surface area contributed by atoms with Gasteiger partial charge in [-0.25, -0.2) is 4.68 Å². The highest BCUT2D eigenvalue weighted by molar-refractivity contribution is 5.92. The predicted octanol–water partition coefficient (Wildman–Crippen LogP) is 2.45. The predicted molar refractivity (Wildman–Crippen MR) is 109 cm³/mol. The first-order valence-electron chi connectivity index (χ1n) is 10.0. The van der Waals surface area contributed by atoms with Crippen LogP contribution >= 0.6 is 0 Å². The molecule has 1 saturated heterocycles. The van der Waals surface area contributed by atoms with Crippen molar-refractivity contribution in [2.24, 2.45) is 5.92 Å². The second-order valence-electron chi connectivity index (χ2n) is 8.82. The average molecular weight is 399 g/mol. The van der Waals surface area contributed by atoms with Crippen molar-refractivity contribution >= 4 is 5.91 Å². The summed E-state index contributed by atoms with van der Waals surface area (Å²) >= 11 is 0. The van der Waals surface area contributed by atoms with Crippen molar-refractivity contribution in [3.63, 3.8) is 0 Å². The van der Waals surface area contributed by atoms with E-state index in [0.29, 0.717) is 31.3 Å². The van der Waals surface area contributed by atoms with Crippen LogP contribution in [0.4, 0.5) is 0 Å². The lowest BCUT2D eigenvalue weighted by Crippen LogP contribution is -2.33. The Hall–Kier alpha value is -2.77. The third kappa shape index (κ3) is 4.99. The Morgan fingerprint density at radius 1 is 1.21 bits per heavy atom. The van der Waals surface area contributed by atoms with Crippen LogP contribution in [0.5, 0.6) is 5.88 Å². The van der Waals surface area contributed by atoms with Gasteiger partial charge in [0.2, 0.25) is 5.88 Å². The summed E-state index contributed by atoms with van der Waals surface area (Å²) in [5, 5.41) is 12.6. The highest BCUT2D eigenvalue weighted by Crippen LogP contribution is 2.22. The highest BCUT2D eigenvalue weighted by Gasteiger charge is 2.28. The molecule has 1 atom stereocenters. The number of hydrogen-bond acceptors (Lipinski definition) is 6. The largest absolute Gasteiger partial charge is 0.476 e. The van der Waals surface area contributed by atoms with Crippen molar-refractivity contribution in [1.29, 1.82) is 0 Å². The molecule has 156 valence electrons. The molecule has 1 aliphatic heterocycles. The molecule has 3 rings (SSSR count). The Kier molecular flexibility index (Phi) is 6.00. The molecule has 1 aliphatic rings. The molecule has 2 aromatic rings. The molecule has 8 heteroatoms. The Bertz CT molecular complexity index is 915. The van der Waals surface area contributed by atoms with E-state index in [1.54, 1.807) is 4.90 Å². The second kappa shape index (κ2) is 8.31. The number of ether oxygens (including phenoxy) is 1. The van der Waals surface area contributed by atoms with E-state index in [0.717, 1.165) is 12.1 Å². The topological polar surface area (TPSA) is 90.2 Å². The number of nitrogens with zero attached hydrogens (tertiary/aromatic N) is 5. The zero-order valence-corrected chi connectivity index (χ0v) is 17.8. The van der Waals surface area contributed by atoms with Gasteiger partial charge in [-0.2, -0.15) is 10.2 Å². The van der Waals surface area contributed by atoms with Gasteiger partial charge < -0.3 is 9.64 Å². The summed E-state index contributed by atoms with van der Waals surface area (Å²) in [5.41, 5.74) is 0.952. The molecular weight excluding hydrogens is 370 g/mol. The zero-order chi connectivity index (χ0) is 21.2. The molecule has 3 heterocycles. The van der Waals surface area contributed by atoms with Gasteiger partial charge in [0.05, 0.1) is 18.3 Å². The first-order valence-corrected chi connectivity index (χ1v) is 10.0. The van der Waals surface area contributed by atoms with E-state index in [1.165, 1.54) is 16.8 Å². The smallest absolute Gasteiger partial charge is 0.274 e. The van der Waals surface area contributed by atoms with Crippen LogP contribution < -0.4 is 10.3 Å². The highest BCUT2D eigenvalue weighted by atomic mass is 16.5. The average Bonchev–Trinajstić information content (AvgIpc) is 3.14. The van der Waals surface area contributed by atoms with Gasteiger partial charge in [-0.3, -0.25) is 9.59 Å². The number of amides is 1. The zero-order valence-electron chi connectivity index (χ0n) is 17.8. The third-order valence-corrected chi connectivity index (χ3v) is 4.98. The second-order valence-corrected chi connectivity index (χ2v) is 8.82. The van der Waals surface area contributed by atoms with E-state index in [2.05, 4.69) is 36.1 Å². The molecule has 8 nitrogen and oxygen atoms in total. The summed E-state index contributed by atoms with van der Waals surface area (Å²) in [6, 6.07) is 6.57. The van der Waals surface area contributed by atoms with Gasteiger partial charge in [-0.15, -0.1) is 5.10 Å². The maximum atomic E-state index is 12.8. The lowest BCUT2D eigenvalue weighted by molar-refractivity contribution is 0.0773. The maximum absolute atomic E-state index is 12.8. The minimum Gasteiger partial charge on any atom is -0.476 e. The van der Waals surface area contributed by atoms with Crippen molar-refractivity contribution < 1.29 is 9.53 Å². The van der Waals surface area contributed by atoms with Crippen molar-refractivity contribution in [2.75, 3.05) is 19.7 Å². The molecule has 1 fully saturated rings. The van der Waals surface area contributed by atoms with E-state index in [4.69, 9.17) is 4.74 Å². The fraction of sp³-hybridized carbons (Fsp3) is 0.571. The van der Waals surface area contributed by atoms with Crippen LogP contribution in [0, 0.1) is 5.92 Å². The quantitative estimate of drug-likeness (QED) is 0.767. The normalized spacial score (nSPS) is 17.0. The molecule has 0 bridgehead atoms. The SMILES string of the molecule is CC(C)n1nc(C(=O)N2CCC(COc3ccc(C(C)(C)C)nn3)C2)ccc1=O. The van der Waals surface area contributed by atoms with E-state index in [-0.39, 0.29) is 28.8 Å². The molecule has 2 aromatic heterocycles. The van der Waals surface area contributed by atoms with E-state index < -0.39 is 0 Å². The molecule has 0 radical (unpaired) electrons. The summed E-state index contributed by atoms with van der Waals surface area (Å²) in [6.45, 7) is 11.7. The van der Waals surface area contributed by atoms with Crippen molar-refractivity contribution in [2.45, 2.75) is 52.5 Å². The van der Waals surface area contributed by atoms with Crippen molar-refractivity contribution in [1.82, 2.24) is 24.9 Å². The molecule has 0 spiro atoms. The van der Waals surface area contributed by atoms with Gasteiger partial charge in [0.15, 0.2) is 0 Å². The monoisotopic (exact) mass is 399 g/mol. The summed E-state index contributed by atoms with van der Waals surface area (Å²) in [6.07, 6.45) is 0.850. The minimum absolute atomic E-state index is 0.0517.